The summed E-state index contributed by atoms with van der Waals surface area (Å²) in [6.45, 7) is 4.49. The molecule has 194 valence electrons. The molecule has 0 radical (unpaired) electrons. The third-order valence-electron chi connectivity index (χ3n) is 5.79. The molecule has 3 aromatic carbocycles. The van der Waals surface area contributed by atoms with Crippen LogP contribution in [0.2, 0.25) is 0 Å². The van der Waals surface area contributed by atoms with Crippen LogP contribution in [-0.2, 0) is 24.0 Å². The second-order valence-corrected chi connectivity index (χ2v) is 9.13. The number of hydrogen-bond acceptors (Lipinski definition) is 6. The first-order valence-corrected chi connectivity index (χ1v) is 12.8. The highest BCUT2D eigenvalue weighted by Crippen LogP contribution is 2.21. The van der Waals surface area contributed by atoms with Crippen LogP contribution in [0.3, 0.4) is 0 Å². The molecule has 0 amide bonds. The maximum Gasteiger partial charge on any atom is 0.343 e. The molecule has 3 rings (SSSR count). The molecule has 0 atom stereocenters. The van der Waals surface area contributed by atoms with Crippen molar-refractivity contribution in [2.45, 2.75) is 46.0 Å². The van der Waals surface area contributed by atoms with E-state index in [9.17, 15) is 9.59 Å². The lowest BCUT2D eigenvalue weighted by Crippen LogP contribution is -2.11. The van der Waals surface area contributed by atoms with Crippen LogP contribution >= 0.6 is 0 Å². The Morgan fingerprint density at radius 2 is 1.30 bits per heavy atom. The predicted molar refractivity (Wildman–Crippen MR) is 148 cm³/mol. The summed E-state index contributed by atoms with van der Waals surface area (Å²) < 4.78 is 11.2. The topological polar surface area (TPSA) is 68.2 Å². The van der Waals surface area contributed by atoms with Gasteiger partial charge in [0.15, 0.2) is 0 Å². The predicted octanol–water partition coefficient (Wildman–Crippen LogP) is 6.11. The number of carbonyl (C=O) groups is 2. The summed E-state index contributed by atoms with van der Waals surface area (Å²) in [5.41, 5.74) is 5.05. The minimum atomic E-state index is -0.422. The van der Waals surface area contributed by atoms with Gasteiger partial charge in [0, 0.05) is 26.1 Å². The van der Waals surface area contributed by atoms with Crippen LogP contribution in [-0.4, -0.2) is 43.9 Å². The lowest BCUT2D eigenvalue weighted by molar-refractivity contribution is 0.0508. The fourth-order valence-electron chi connectivity index (χ4n) is 3.82. The molecule has 0 aromatic heterocycles. The van der Waals surface area contributed by atoms with E-state index in [1.54, 1.807) is 29.4 Å². The van der Waals surface area contributed by atoms with Gasteiger partial charge in [0.2, 0.25) is 0 Å². The summed E-state index contributed by atoms with van der Waals surface area (Å²) >= 11 is 0. The standard InChI is InChI=1S/C31H36N2O4/c1-5-7-23-9-14-26(15-10-23)30(34)36-20-19-25-13-18-29(28(21-25)22-32-33(3)4)37-31(35)27-16-11-24(8-6-2)12-17-27/h9-18,21-22H,5-8,19-20H2,1-4H3/b32-22+. The average molecular weight is 501 g/mol. The fourth-order valence-corrected chi connectivity index (χ4v) is 3.82. The molecule has 6 heteroatoms. The van der Waals surface area contributed by atoms with Crippen LogP contribution in [0.25, 0.3) is 0 Å². The number of benzene rings is 3. The molecule has 0 bridgehead atoms. The van der Waals surface area contributed by atoms with Crippen LogP contribution in [0.15, 0.2) is 71.8 Å². The summed E-state index contributed by atoms with van der Waals surface area (Å²) in [6.07, 6.45) is 6.26. The molecule has 3 aromatic rings. The third kappa shape index (κ3) is 8.60. The van der Waals surface area contributed by atoms with Gasteiger partial charge in [0.1, 0.15) is 5.75 Å². The summed E-state index contributed by atoms with van der Waals surface area (Å²) in [5, 5.41) is 5.97. The summed E-state index contributed by atoms with van der Waals surface area (Å²) in [4.78, 5) is 25.2. The number of nitrogens with zero attached hydrogens (tertiary/aromatic N) is 2. The monoisotopic (exact) mass is 500 g/mol. The Morgan fingerprint density at radius 1 is 0.757 bits per heavy atom. The maximum absolute atomic E-state index is 12.8. The zero-order chi connectivity index (χ0) is 26.6. The molecule has 0 saturated carbocycles. The van der Waals surface area contributed by atoms with Crippen molar-refractivity contribution in [1.82, 2.24) is 5.01 Å². The molecule has 0 N–H and O–H groups in total. The Morgan fingerprint density at radius 3 is 1.84 bits per heavy atom. The van der Waals surface area contributed by atoms with Crippen LogP contribution in [0, 0.1) is 0 Å². The maximum atomic E-state index is 12.8. The number of carbonyl (C=O) groups excluding carboxylic acids is 2. The van der Waals surface area contributed by atoms with Crippen molar-refractivity contribution < 1.29 is 19.1 Å². The van der Waals surface area contributed by atoms with Gasteiger partial charge in [-0.2, -0.15) is 5.10 Å². The van der Waals surface area contributed by atoms with E-state index in [0.29, 0.717) is 28.9 Å². The van der Waals surface area contributed by atoms with Crippen molar-refractivity contribution in [2.75, 3.05) is 20.7 Å². The molecule has 0 aliphatic heterocycles. The molecule has 0 aliphatic carbocycles. The molecular weight excluding hydrogens is 464 g/mol. The first kappa shape index (κ1) is 27.7. The number of rotatable bonds is 12. The Hall–Kier alpha value is -3.93. The second-order valence-electron chi connectivity index (χ2n) is 9.13. The lowest BCUT2D eigenvalue weighted by Gasteiger charge is -2.11. The largest absolute Gasteiger partial charge is 0.462 e. The molecular formula is C31H36N2O4. The van der Waals surface area contributed by atoms with Gasteiger partial charge in [0.05, 0.1) is 23.9 Å². The van der Waals surface area contributed by atoms with Crippen molar-refractivity contribution >= 4 is 18.2 Å². The van der Waals surface area contributed by atoms with Gasteiger partial charge in [-0.05, 0) is 65.9 Å². The van der Waals surface area contributed by atoms with Gasteiger partial charge in [-0.15, -0.1) is 0 Å². The first-order chi connectivity index (χ1) is 17.9. The Balaban J connectivity index is 1.65. The SMILES string of the molecule is CCCc1ccc(C(=O)OCCc2ccc(OC(=O)c3ccc(CCC)cc3)c(/C=N/N(C)C)c2)cc1. The molecule has 6 nitrogen and oxygen atoms in total. The molecule has 0 spiro atoms. The molecule has 0 fully saturated rings. The first-order valence-electron chi connectivity index (χ1n) is 12.8. The van der Waals surface area contributed by atoms with E-state index in [-0.39, 0.29) is 12.6 Å². The number of esters is 2. The molecule has 0 aliphatic rings. The van der Waals surface area contributed by atoms with E-state index in [0.717, 1.165) is 31.2 Å². The van der Waals surface area contributed by atoms with Crippen molar-refractivity contribution in [3.05, 3.63) is 100 Å². The van der Waals surface area contributed by atoms with Gasteiger partial charge >= 0.3 is 11.9 Å². The van der Waals surface area contributed by atoms with Crippen LogP contribution in [0.4, 0.5) is 0 Å². The van der Waals surface area contributed by atoms with Crippen molar-refractivity contribution in [1.29, 1.82) is 0 Å². The third-order valence-corrected chi connectivity index (χ3v) is 5.79. The van der Waals surface area contributed by atoms with E-state index in [4.69, 9.17) is 9.47 Å². The van der Waals surface area contributed by atoms with Gasteiger partial charge < -0.3 is 14.5 Å². The van der Waals surface area contributed by atoms with Gasteiger partial charge in [-0.1, -0.05) is 57.0 Å². The van der Waals surface area contributed by atoms with E-state index in [2.05, 4.69) is 18.9 Å². The van der Waals surface area contributed by atoms with Gasteiger partial charge in [-0.3, -0.25) is 0 Å². The zero-order valence-electron chi connectivity index (χ0n) is 22.2. The van der Waals surface area contributed by atoms with Crippen LogP contribution in [0.5, 0.6) is 5.75 Å². The number of ether oxygens (including phenoxy) is 2. The van der Waals surface area contributed by atoms with Gasteiger partial charge in [-0.25, -0.2) is 9.59 Å². The molecule has 0 heterocycles. The highest BCUT2D eigenvalue weighted by Gasteiger charge is 2.13. The molecule has 37 heavy (non-hydrogen) atoms. The summed E-state index contributed by atoms with van der Waals surface area (Å²) in [7, 11) is 3.64. The van der Waals surface area contributed by atoms with E-state index >= 15 is 0 Å². The van der Waals surface area contributed by atoms with Crippen molar-refractivity contribution in [3.63, 3.8) is 0 Å². The van der Waals surface area contributed by atoms with E-state index < -0.39 is 5.97 Å². The Kier molecular flexibility index (Phi) is 10.4. The Labute approximate surface area is 219 Å². The van der Waals surface area contributed by atoms with E-state index in [1.165, 1.54) is 11.1 Å². The zero-order valence-corrected chi connectivity index (χ0v) is 22.2. The smallest absolute Gasteiger partial charge is 0.343 e. The normalized spacial score (nSPS) is 10.9. The van der Waals surface area contributed by atoms with Crippen LogP contribution in [0.1, 0.15) is 69.7 Å². The minimum Gasteiger partial charge on any atom is -0.462 e. The summed E-state index contributed by atoms with van der Waals surface area (Å²) in [6, 6.07) is 20.6. The number of hydrazone groups is 1. The van der Waals surface area contributed by atoms with E-state index in [1.807, 2.05) is 62.6 Å². The Bertz CT molecular complexity index is 1200. The fraction of sp³-hybridized carbons (Fsp3) is 0.323. The van der Waals surface area contributed by atoms with Crippen molar-refractivity contribution in [2.24, 2.45) is 5.10 Å². The lowest BCUT2D eigenvalue weighted by atomic mass is 10.1. The average Bonchev–Trinajstić information content (AvgIpc) is 2.89. The second kappa shape index (κ2) is 14.0. The highest BCUT2D eigenvalue weighted by molar-refractivity contribution is 5.93. The molecule has 0 saturated heterocycles. The summed E-state index contributed by atoms with van der Waals surface area (Å²) in [5.74, 6) is -0.344. The molecule has 0 unspecified atom stereocenters. The quantitative estimate of drug-likeness (QED) is 0.130. The van der Waals surface area contributed by atoms with Crippen molar-refractivity contribution in [3.8, 4) is 5.75 Å². The highest BCUT2D eigenvalue weighted by atomic mass is 16.5. The van der Waals surface area contributed by atoms with Gasteiger partial charge in [0.25, 0.3) is 0 Å². The van der Waals surface area contributed by atoms with Crippen LogP contribution < -0.4 is 4.74 Å². The minimum absolute atomic E-state index is 0.239. The number of hydrogen-bond donors (Lipinski definition) is 0. The number of aryl methyl sites for hydroxylation is 2.